The third-order valence-corrected chi connectivity index (χ3v) is 5.85. The number of amides is 4. The van der Waals surface area contributed by atoms with Crippen LogP contribution in [0.5, 0.6) is 0 Å². The molecule has 4 amide bonds. The minimum absolute atomic E-state index is 0.0453. The Labute approximate surface area is 170 Å². The highest BCUT2D eigenvalue weighted by Gasteiger charge is 2.27. The first-order valence-corrected chi connectivity index (χ1v) is 11.0. The number of piperidine rings is 1. The second-order valence-electron chi connectivity index (χ2n) is 8.20. The molecule has 1 saturated heterocycles. The topological polar surface area (TPSA) is 90.5 Å². The number of carbonyl (C=O) groups excluding carboxylic acids is 3. The van der Waals surface area contributed by atoms with Gasteiger partial charge < -0.3 is 20.9 Å². The van der Waals surface area contributed by atoms with Crippen LogP contribution in [0.4, 0.5) is 9.80 Å². The Bertz CT molecular complexity index is 714. The third kappa shape index (κ3) is 5.95. The van der Waals surface area contributed by atoms with Crippen LogP contribution in [0.3, 0.4) is 0 Å². The molecular formula is C20H30N4O3S. The molecule has 8 heteroatoms. The van der Waals surface area contributed by atoms with Crippen LogP contribution in [0, 0.1) is 11.8 Å². The maximum atomic E-state index is 12.5. The molecule has 154 valence electrons. The van der Waals surface area contributed by atoms with E-state index in [4.69, 9.17) is 0 Å². The van der Waals surface area contributed by atoms with Crippen molar-refractivity contribution in [3.8, 4) is 0 Å². The summed E-state index contributed by atoms with van der Waals surface area (Å²) < 4.78 is 0. The molecule has 2 heterocycles. The second kappa shape index (κ2) is 9.41. The SMILES string of the molecule is CC(C)CNC(=O)N1CCC[C@@H](CC(=O)Nc2sccc2C(=O)NC2CC2)C1. The molecule has 3 rings (SSSR count). The van der Waals surface area contributed by atoms with Crippen molar-refractivity contribution in [1.82, 2.24) is 15.5 Å². The quantitative estimate of drug-likeness (QED) is 0.650. The van der Waals surface area contributed by atoms with Gasteiger partial charge in [-0.15, -0.1) is 11.3 Å². The van der Waals surface area contributed by atoms with Gasteiger partial charge >= 0.3 is 6.03 Å². The molecule has 7 nitrogen and oxygen atoms in total. The van der Waals surface area contributed by atoms with Crippen molar-refractivity contribution >= 4 is 34.2 Å². The highest BCUT2D eigenvalue weighted by Crippen LogP contribution is 2.27. The van der Waals surface area contributed by atoms with Crippen LogP contribution in [-0.2, 0) is 4.79 Å². The van der Waals surface area contributed by atoms with Crippen LogP contribution in [0.25, 0.3) is 0 Å². The lowest BCUT2D eigenvalue weighted by Crippen LogP contribution is -2.46. The zero-order valence-corrected chi connectivity index (χ0v) is 17.4. The number of hydrogen-bond acceptors (Lipinski definition) is 4. The fourth-order valence-electron chi connectivity index (χ4n) is 3.33. The van der Waals surface area contributed by atoms with Gasteiger partial charge in [-0.1, -0.05) is 13.8 Å². The number of thiophene rings is 1. The molecule has 1 aromatic rings. The zero-order valence-electron chi connectivity index (χ0n) is 16.6. The van der Waals surface area contributed by atoms with E-state index in [0.717, 1.165) is 32.2 Å². The molecule has 0 radical (unpaired) electrons. The van der Waals surface area contributed by atoms with Crippen molar-refractivity contribution in [2.45, 2.75) is 52.0 Å². The van der Waals surface area contributed by atoms with Crippen LogP contribution in [0.1, 0.15) is 56.3 Å². The van der Waals surface area contributed by atoms with Gasteiger partial charge in [0.1, 0.15) is 5.00 Å². The highest BCUT2D eigenvalue weighted by atomic mass is 32.1. The summed E-state index contributed by atoms with van der Waals surface area (Å²) in [6, 6.07) is 1.99. The van der Waals surface area contributed by atoms with Gasteiger partial charge in [-0.2, -0.15) is 0 Å². The first kappa shape index (κ1) is 20.6. The predicted octanol–water partition coefficient (Wildman–Crippen LogP) is 3.05. The van der Waals surface area contributed by atoms with E-state index < -0.39 is 0 Å². The van der Waals surface area contributed by atoms with Gasteiger partial charge in [0.05, 0.1) is 5.56 Å². The molecule has 1 aliphatic carbocycles. The second-order valence-corrected chi connectivity index (χ2v) is 9.11. The van der Waals surface area contributed by atoms with Gasteiger partial charge in [0.2, 0.25) is 5.91 Å². The number of nitrogens with one attached hydrogen (secondary N) is 3. The Kier molecular flexibility index (Phi) is 6.93. The van der Waals surface area contributed by atoms with Crippen molar-refractivity contribution in [2.75, 3.05) is 25.0 Å². The van der Waals surface area contributed by atoms with Gasteiger partial charge in [0.15, 0.2) is 0 Å². The smallest absolute Gasteiger partial charge is 0.317 e. The molecule has 2 fully saturated rings. The average Bonchev–Trinajstić information content (AvgIpc) is 3.35. The number of hydrogen-bond donors (Lipinski definition) is 3. The maximum Gasteiger partial charge on any atom is 0.317 e. The Hall–Kier alpha value is -2.09. The molecule has 0 unspecified atom stereocenters. The van der Waals surface area contributed by atoms with Crippen LogP contribution in [0.15, 0.2) is 11.4 Å². The summed E-state index contributed by atoms with van der Waals surface area (Å²) in [4.78, 5) is 38.9. The van der Waals surface area contributed by atoms with E-state index in [1.54, 1.807) is 6.07 Å². The van der Waals surface area contributed by atoms with E-state index in [0.29, 0.717) is 36.0 Å². The van der Waals surface area contributed by atoms with Crippen molar-refractivity contribution in [1.29, 1.82) is 0 Å². The summed E-state index contributed by atoms with van der Waals surface area (Å²) in [6.07, 6.45) is 4.25. The summed E-state index contributed by atoms with van der Waals surface area (Å²) in [6.45, 7) is 6.11. The molecule has 1 saturated carbocycles. The third-order valence-electron chi connectivity index (χ3n) is 5.02. The summed E-state index contributed by atoms with van der Waals surface area (Å²) >= 11 is 1.36. The van der Waals surface area contributed by atoms with E-state index in [1.807, 2.05) is 10.3 Å². The standard InChI is InChI=1S/C20H30N4O3S/c1-13(2)11-21-20(27)24-8-3-4-14(12-24)10-17(25)23-19-16(7-9-28-19)18(26)22-15-5-6-15/h7,9,13-15H,3-6,8,10-12H2,1-2H3,(H,21,27)(H,22,26)(H,23,25)/t14-/m0/s1. The molecule has 0 aromatic carbocycles. The van der Waals surface area contributed by atoms with Crippen molar-refractivity contribution in [2.24, 2.45) is 11.8 Å². The number of anilines is 1. The fourth-order valence-corrected chi connectivity index (χ4v) is 4.14. The number of likely N-dealkylation sites (tertiary alicyclic amines) is 1. The molecule has 1 aliphatic heterocycles. The molecule has 1 aromatic heterocycles. The number of urea groups is 1. The summed E-state index contributed by atoms with van der Waals surface area (Å²) in [5, 5.41) is 11.2. The summed E-state index contributed by atoms with van der Waals surface area (Å²) in [7, 11) is 0. The van der Waals surface area contributed by atoms with Gasteiger partial charge in [0, 0.05) is 32.1 Å². The largest absolute Gasteiger partial charge is 0.349 e. The highest BCUT2D eigenvalue weighted by molar-refractivity contribution is 7.14. The molecule has 1 atom stereocenters. The zero-order chi connectivity index (χ0) is 20.1. The van der Waals surface area contributed by atoms with Crippen LogP contribution in [-0.4, -0.2) is 48.4 Å². The Morgan fingerprint density at radius 1 is 1.25 bits per heavy atom. The fraction of sp³-hybridized carbons (Fsp3) is 0.650. The van der Waals surface area contributed by atoms with Gasteiger partial charge in [-0.25, -0.2) is 4.79 Å². The van der Waals surface area contributed by atoms with Crippen molar-refractivity contribution in [3.05, 3.63) is 17.0 Å². The van der Waals surface area contributed by atoms with Crippen LogP contribution >= 0.6 is 11.3 Å². The molecular weight excluding hydrogens is 376 g/mol. The van der Waals surface area contributed by atoms with Crippen molar-refractivity contribution in [3.63, 3.8) is 0 Å². The first-order chi connectivity index (χ1) is 13.4. The first-order valence-electron chi connectivity index (χ1n) is 10.1. The van der Waals surface area contributed by atoms with Crippen molar-refractivity contribution < 1.29 is 14.4 Å². The lowest BCUT2D eigenvalue weighted by molar-refractivity contribution is -0.117. The minimum Gasteiger partial charge on any atom is -0.349 e. The Morgan fingerprint density at radius 2 is 2.04 bits per heavy atom. The molecule has 28 heavy (non-hydrogen) atoms. The molecule has 3 N–H and O–H groups in total. The normalized spacial score (nSPS) is 19.4. The van der Waals surface area contributed by atoms with E-state index in [9.17, 15) is 14.4 Å². The summed E-state index contributed by atoms with van der Waals surface area (Å²) in [5.41, 5.74) is 0.531. The lowest BCUT2D eigenvalue weighted by atomic mass is 9.94. The predicted molar refractivity (Wildman–Crippen MR) is 111 cm³/mol. The maximum absolute atomic E-state index is 12.5. The van der Waals surface area contributed by atoms with Gasteiger partial charge in [-0.05, 0) is 49.0 Å². The number of carbonyl (C=O) groups is 3. The van der Waals surface area contributed by atoms with E-state index >= 15 is 0 Å². The van der Waals surface area contributed by atoms with Crippen LogP contribution in [0.2, 0.25) is 0 Å². The van der Waals surface area contributed by atoms with E-state index in [1.165, 1.54) is 11.3 Å². The number of rotatable bonds is 7. The average molecular weight is 407 g/mol. The van der Waals surface area contributed by atoms with Gasteiger partial charge in [-0.3, -0.25) is 9.59 Å². The monoisotopic (exact) mass is 406 g/mol. The number of nitrogens with zero attached hydrogens (tertiary/aromatic N) is 1. The Balaban J connectivity index is 1.48. The van der Waals surface area contributed by atoms with E-state index in [-0.39, 0.29) is 29.8 Å². The van der Waals surface area contributed by atoms with Crippen LogP contribution < -0.4 is 16.0 Å². The Morgan fingerprint density at radius 3 is 2.75 bits per heavy atom. The molecule has 0 spiro atoms. The molecule has 0 bridgehead atoms. The minimum atomic E-state index is -0.121. The lowest BCUT2D eigenvalue weighted by Gasteiger charge is -2.32. The van der Waals surface area contributed by atoms with Gasteiger partial charge in [0.25, 0.3) is 5.91 Å². The summed E-state index contributed by atoms with van der Waals surface area (Å²) in [5.74, 6) is 0.330. The van der Waals surface area contributed by atoms with E-state index in [2.05, 4.69) is 29.8 Å². The molecule has 2 aliphatic rings.